The fourth-order valence-electron chi connectivity index (χ4n) is 4.54. The van der Waals surface area contributed by atoms with Crippen LogP contribution >= 0.6 is 0 Å². The van der Waals surface area contributed by atoms with Crippen LogP contribution in [0.4, 0.5) is 10.5 Å². The van der Waals surface area contributed by atoms with Crippen molar-refractivity contribution < 1.29 is 33.1 Å². The summed E-state index contributed by atoms with van der Waals surface area (Å²) in [6.07, 6.45) is 2.18. The van der Waals surface area contributed by atoms with Gasteiger partial charge in [-0.05, 0) is 59.6 Å². The molecule has 0 aromatic heterocycles. The summed E-state index contributed by atoms with van der Waals surface area (Å²) in [5.74, 6) is 0.939. The minimum atomic E-state index is -2.40. The van der Waals surface area contributed by atoms with Gasteiger partial charge < -0.3 is 28.7 Å². The standard InChI is InChI=1S/C36H48N2O8Si/c1-26(23-44-24-28-14-18-30(42-5)19-15-28)34(46-47(7,8)36(2,3)4)32(37-35(39)45-25-27-12-10-9-11-13-27)21-17-29-16-20-31(43-6)22-33(29)38(40)41/h9-22,26,32,34H,23-25H2,1-8H3,(H,37,39)/b21-17+/t26-,32-,34-/m1/s1. The van der Waals surface area contributed by atoms with Gasteiger partial charge in [0.1, 0.15) is 18.1 Å². The Bertz CT molecular complexity index is 1470. The normalized spacial score (nSPS) is 13.9. The number of amides is 1. The third-order valence-electron chi connectivity index (χ3n) is 8.37. The lowest BCUT2D eigenvalue weighted by Crippen LogP contribution is -2.54. The fourth-order valence-corrected chi connectivity index (χ4v) is 5.95. The quantitative estimate of drug-likeness (QED) is 0.0926. The van der Waals surface area contributed by atoms with Gasteiger partial charge in [0, 0.05) is 5.92 Å². The number of carbonyl (C=O) groups is 1. The van der Waals surface area contributed by atoms with Crippen LogP contribution in [0.3, 0.4) is 0 Å². The van der Waals surface area contributed by atoms with Gasteiger partial charge in [0.15, 0.2) is 8.32 Å². The van der Waals surface area contributed by atoms with Crippen molar-refractivity contribution in [1.82, 2.24) is 5.32 Å². The molecule has 0 aliphatic rings. The van der Waals surface area contributed by atoms with Crippen molar-refractivity contribution in [1.29, 1.82) is 0 Å². The second kappa shape index (κ2) is 17.1. The van der Waals surface area contributed by atoms with Crippen LogP contribution < -0.4 is 14.8 Å². The Morgan fingerprint density at radius 2 is 1.55 bits per heavy atom. The Morgan fingerprint density at radius 3 is 2.15 bits per heavy atom. The van der Waals surface area contributed by atoms with Crippen LogP contribution in [0, 0.1) is 16.0 Å². The third kappa shape index (κ3) is 11.2. The lowest BCUT2D eigenvalue weighted by atomic mass is 9.97. The molecule has 0 unspecified atom stereocenters. The van der Waals surface area contributed by atoms with E-state index in [0.717, 1.165) is 16.9 Å². The molecule has 3 aromatic carbocycles. The Morgan fingerprint density at radius 1 is 0.936 bits per heavy atom. The largest absolute Gasteiger partial charge is 0.497 e. The van der Waals surface area contributed by atoms with Gasteiger partial charge in [-0.15, -0.1) is 0 Å². The van der Waals surface area contributed by atoms with Gasteiger partial charge in [0.2, 0.25) is 0 Å². The van der Waals surface area contributed by atoms with Crippen molar-refractivity contribution in [2.45, 2.75) is 71.2 Å². The molecule has 0 saturated carbocycles. The highest BCUT2D eigenvalue weighted by molar-refractivity contribution is 6.74. The van der Waals surface area contributed by atoms with Gasteiger partial charge in [0.25, 0.3) is 5.69 Å². The summed E-state index contributed by atoms with van der Waals surface area (Å²) in [5, 5.41) is 14.8. The molecule has 47 heavy (non-hydrogen) atoms. The van der Waals surface area contributed by atoms with Gasteiger partial charge in [-0.3, -0.25) is 10.1 Å². The van der Waals surface area contributed by atoms with E-state index in [9.17, 15) is 14.9 Å². The summed E-state index contributed by atoms with van der Waals surface area (Å²) in [6.45, 7) is 13.5. The number of nitrogens with zero attached hydrogens (tertiary/aromatic N) is 1. The molecule has 3 aromatic rings. The van der Waals surface area contributed by atoms with Crippen LogP contribution in [-0.2, 0) is 27.1 Å². The van der Waals surface area contributed by atoms with Gasteiger partial charge in [-0.25, -0.2) is 4.79 Å². The molecule has 254 valence electrons. The Hall–Kier alpha value is -4.19. The number of nitrogens with one attached hydrogen (secondary N) is 1. The van der Waals surface area contributed by atoms with Crippen molar-refractivity contribution in [2.75, 3.05) is 20.8 Å². The lowest BCUT2D eigenvalue weighted by molar-refractivity contribution is -0.385. The molecule has 1 amide bonds. The number of hydrogen-bond acceptors (Lipinski definition) is 8. The van der Waals surface area contributed by atoms with Crippen LogP contribution in [0.1, 0.15) is 44.4 Å². The maximum atomic E-state index is 13.3. The van der Waals surface area contributed by atoms with Crippen LogP contribution in [0.25, 0.3) is 6.08 Å². The average Bonchev–Trinajstić information content (AvgIpc) is 3.04. The van der Waals surface area contributed by atoms with Gasteiger partial charge in [0.05, 0.1) is 56.1 Å². The number of carbonyl (C=O) groups excluding carboxylic acids is 1. The highest BCUT2D eigenvalue weighted by Gasteiger charge is 2.42. The highest BCUT2D eigenvalue weighted by atomic mass is 28.4. The molecule has 10 nitrogen and oxygen atoms in total. The zero-order valence-electron chi connectivity index (χ0n) is 28.6. The van der Waals surface area contributed by atoms with E-state index in [1.54, 1.807) is 31.4 Å². The molecule has 0 radical (unpaired) electrons. The van der Waals surface area contributed by atoms with E-state index in [4.69, 9.17) is 23.4 Å². The van der Waals surface area contributed by atoms with E-state index in [-0.39, 0.29) is 23.3 Å². The van der Waals surface area contributed by atoms with Gasteiger partial charge in [-0.1, -0.05) is 76.2 Å². The zero-order chi connectivity index (χ0) is 34.6. The summed E-state index contributed by atoms with van der Waals surface area (Å²) in [6, 6.07) is 21.0. The number of nitro groups is 1. The molecule has 0 saturated heterocycles. The first-order chi connectivity index (χ1) is 22.2. The maximum Gasteiger partial charge on any atom is 0.408 e. The van der Waals surface area contributed by atoms with E-state index >= 15 is 0 Å². The molecule has 1 N–H and O–H groups in total. The monoisotopic (exact) mass is 664 g/mol. The van der Waals surface area contributed by atoms with Crippen molar-refractivity contribution >= 4 is 26.2 Å². The minimum absolute atomic E-state index is 0.0847. The number of hydrogen-bond donors (Lipinski definition) is 1. The minimum Gasteiger partial charge on any atom is -0.497 e. The average molecular weight is 665 g/mol. The Balaban J connectivity index is 1.95. The van der Waals surface area contributed by atoms with Gasteiger partial charge in [-0.2, -0.15) is 0 Å². The lowest BCUT2D eigenvalue weighted by Gasteiger charge is -2.43. The Labute approximate surface area is 279 Å². The first-order valence-corrected chi connectivity index (χ1v) is 18.5. The molecule has 0 fully saturated rings. The van der Waals surface area contributed by atoms with Crippen molar-refractivity contribution in [3.8, 4) is 11.5 Å². The molecule has 3 rings (SSSR count). The SMILES string of the molecule is COc1ccc(COC[C@@H](C)[C@@H](O[Si](C)(C)C(C)(C)C)[C@@H](/C=C/c2ccc(OC)cc2[N+](=O)[O-])NC(=O)OCc2ccccc2)cc1. The molecular weight excluding hydrogens is 616 g/mol. The van der Waals surface area contributed by atoms with Crippen molar-refractivity contribution in [3.63, 3.8) is 0 Å². The van der Waals surface area contributed by atoms with E-state index < -0.39 is 31.5 Å². The first-order valence-electron chi connectivity index (χ1n) is 15.6. The van der Waals surface area contributed by atoms with E-state index in [1.165, 1.54) is 13.2 Å². The highest BCUT2D eigenvalue weighted by Crippen LogP contribution is 2.39. The molecule has 3 atom stereocenters. The van der Waals surface area contributed by atoms with Crippen LogP contribution in [0.2, 0.25) is 18.1 Å². The van der Waals surface area contributed by atoms with E-state index in [2.05, 4.69) is 39.2 Å². The fraction of sp³-hybridized carbons (Fsp3) is 0.417. The maximum absolute atomic E-state index is 13.3. The third-order valence-corrected chi connectivity index (χ3v) is 12.8. The predicted molar refractivity (Wildman–Crippen MR) is 186 cm³/mol. The molecule has 11 heteroatoms. The zero-order valence-corrected chi connectivity index (χ0v) is 29.6. The molecule has 0 spiro atoms. The molecule has 0 bridgehead atoms. The van der Waals surface area contributed by atoms with E-state index in [0.29, 0.717) is 24.5 Å². The Kier molecular flexibility index (Phi) is 13.6. The van der Waals surface area contributed by atoms with Crippen LogP contribution in [0.15, 0.2) is 78.9 Å². The molecule has 0 aliphatic carbocycles. The van der Waals surface area contributed by atoms with Crippen molar-refractivity contribution in [3.05, 3.63) is 106 Å². The first kappa shape index (κ1) is 37.3. The second-order valence-corrected chi connectivity index (χ2v) is 17.7. The van der Waals surface area contributed by atoms with Gasteiger partial charge >= 0.3 is 6.09 Å². The summed E-state index contributed by atoms with van der Waals surface area (Å²) in [7, 11) is 0.680. The molecule has 0 aliphatic heterocycles. The number of nitro benzene ring substituents is 1. The number of rotatable bonds is 16. The second-order valence-electron chi connectivity index (χ2n) is 13.0. The number of methoxy groups -OCH3 is 2. The van der Waals surface area contributed by atoms with E-state index in [1.807, 2.05) is 61.5 Å². The summed E-state index contributed by atoms with van der Waals surface area (Å²) < 4.78 is 29.2. The summed E-state index contributed by atoms with van der Waals surface area (Å²) >= 11 is 0. The van der Waals surface area contributed by atoms with Crippen molar-refractivity contribution in [2.24, 2.45) is 5.92 Å². The smallest absolute Gasteiger partial charge is 0.408 e. The number of benzene rings is 3. The van der Waals surface area contributed by atoms with Crippen LogP contribution in [-0.4, -0.2) is 52.3 Å². The summed E-state index contributed by atoms with van der Waals surface area (Å²) in [5.41, 5.74) is 2.07. The number of ether oxygens (including phenoxy) is 4. The predicted octanol–water partition coefficient (Wildman–Crippen LogP) is 8.16. The molecule has 0 heterocycles. The summed E-state index contributed by atoms with van der Waals surface area (Å²) in [4.78, 5) is 24.7. The molecular formula is C36H48N2O8Si. The topological polar surface area (TPSA) is 118 Å². The number of alkyl carbamates (subject to hydrolysis) is 1. The van der Waals surface area contributed by atoms with Crippen LogP contribution in [0.5, 0.6) is 11.5 Å².